The summed E-state index contributed by atoms with van der Waals surface area (Å²) < 4.78 is 0. The van der Waals surface area contributed by atoms with Gasteiger partial charge < -0.3 is 5.73 Å². The fraction of sp³-hybridized carbons (Fsp3) is 0.800. The quantitative estimate of drug-likeness (QED) is 0.513. The van der Waals surface area contributed by atoms with E-state index in [2.05, 4.69) is 25.6 Å². The van der Waals surface area contributed by atoms with E-state index in [4.69, 9.17) is 5.73 Å². The first kappa shape index (κ1) is 10.1. The molecule has 0 saturated heterocycles. The molecule has 1 nitrogen and oxygen atoms in total. The van der Waals surface area contributed by atoms with E-state index >= 15 is 0 Å². The average molecular weight is 185 g/mol. The highest BCUT2D eigenvalue weighted by molar-refractivity contribution is 7.81. The molecule has 0 aromatic carbocycles. The van der Waals surface area contributed by atoms with Crippen molar-refractivity contribution in [2.24, 2.45) is 5.73 Å². The number of thiol groups is 1. The third-order valence-corrected chi connectivity index (χ3v) is 3.03. The summed E-state index contributed by atoms with van der Waals surface area (Å²) >= 11 is 4.44. The van der Waals surface area contributed by atoms with Crippen molar-refractivity contribution >= 4 is 12.6 Å². The molecule has 0 radical (unpaired) electrons. The molecule has 0 fully saturated rings. The Kier molecular flexibility index (Phi) is 4.16. The van der Waals surface area contributed by atoms with Crippen molar-refractivity contribution < 1.29 is 0 Å². The number of hydrogen-bond acceptors (Lipinski definition) is 2. The topological polar surface area (TPSA) is 26.0 Å². The average Bonchev–Trinajstić information content (AvgIpc) is 2.07. The molecule has 2 atom stereocenters. The maximum Gasteiger partial charge on any atom is 0.0351 e. The minimum Gasteiger partial charge on any atom is -0.326 e. The van der Waals surface area contributed by atoms with Crippen LogP contribution in [0.1, 0.15) is 39.0 Å². The van der Waals surface area contributed by atoms with Crippen molar-refractivity contribution in [1.29, 1.82) is 0 Å². The minimum atomic E-state index is 0.277. The number of unbranched alkanes of at least 4 members (excludes halogenated alkanes) is 1. The Morgan fingerprint density at radius 2 is 2.42 bits per heavy atom. The molecule has 70 valence electrons. The Labute approximate surface area is 80.8 Å². The van der Waals surface area contributed by atoms with Crippen LogP contribution >= 0.6 is 12.6 Å². The summed E-state index contributed by atoms with van der Waals surface area (Å²) in [6.45, 7) is 2.23. The van der Waals surface area contributed by atoms with E-state index in [1.807, 2.05) is 0 Å². The number of nitrogens with two attached hydrogens (primary N) is 1. The van der Waals surface area contributed by atoms with Crippen LogP contribution in [0.3, 0.4) is 0 Å². The second kappa shape index (κ2) is 4.93. The summed E-state index contributed by atoms with van der Waals surface area (Å²) in [5, 5.41) is 0.297. The van der Waals surface area contributed by atoms with E-state index in [0.717, 1.165) is 6.42 Å². The summed E-state index contributed by atoms with van der Waals surface area (Å²) in [7, 11) is 0. The summed E-state index contributed by atoms with van der Waals surface area (Å²) in [5.41, 5.74) is 7.42. The monoisotopic (exact) mass is 185 g/mol. The zero-order valence-electron chi connectivity index (χ0n) is 7.79. The molecule has 12 heavy (non-hydrogen) atoms. The van der Waals surface area contributed by atoms with Gasteiger partial charge in [-0.05, 0) is 25.7 Å². The highest BCUT2D eigenvalue weighted by Crippen LogP contribution is 2.24. The van der Waals surface area contributed by atoms with Gasteiger partial charge in [0.15, 0.2) is 0 Å². The molecule has 0 spiro atoms. The molecule has 0 aliphatic heterocycles. The lowest BCUT2D eigenvalue weighted by Crippen LogP contribution is -2.32. The summed E-state index contributed by atoms with van der Waals surface area (Å²) in [5.74, 6) is 0. The summed E-state index contributed by atoms with van der Waals surface area (Å²) in [6.07, 6.45) is 8.40. The lowest BCUT2D eigenvalue weighted by Gasteiger charge is -2.23. The molecule has 2 heteroatoms. The first-order valence-electron chi connectivity index (χ1n) is 4.87. The highest BCUT2D eigenvalue weighted by Gasteiger charge is 2.17. The SMILES string of the molecule is CCCCC1=CC(S)C(N)CC1. The minimum absolute atomic E-state index is 0.277. The molecular formula is C10H19NS. The highest BCUT2D eigenvalue weighted by atomic mass is 32.1. The second-order valence-corrected chi connectivity index (χ2v) is 4.22. The molecule has 0 bridgehead atoms. The number of rotatable bonds is 3. The van der Waals surface area contributed by atoms with Crippen LogP contribution in [-0.4, -0.2) is 11.3 Å². The lowest BCUT2D eigenvalue weighted by molar-refractivity contribution is 0.582. The molecule has 1 aliphatic carbocycles. The van der Waals surface area contributed by atoms with E-state index in [9.17, 15) is 0 Å². The number of hydrogen-bond donors (Lipinski definition) is 2. The zero-order valence-corrected chi connectivity index (χ0v) is 8.69. The fourth-order valence-corrected chi connectivity index (χ4v) is 1.94. The Balaban J connectivity index is 2.39. The van der Waals surface area contributed by atoms with Gasteiger partial charge in [-0.1, -0.05) is 25.0 Å². The van der Waals surface area contributed by atoms with Crippen LogP contribution in [0.25, 0.3) is 0 Å². The predicted octanol–water partition coefficient (Wildman–Crippen LogP) is 2.52. The van der Waals surface area contributed by atoms with Gasteiger partial charge >= 0.3 is 0 Å². The molecule has 0 saturated carbocycles. The van der Waals surface area contributed by atoms with E-state index in [0.29, 0.717) is 5.25 Å². The van der Waals surface area contributed by atoms with Crippen molar-refractivity contribution in [3.05, 3.63) is 11.6 Å². The Hall–Kier alpha value is 0.0500. The summed E-state index contributed by atoms with van der Waals surface area (Å²) in [6, 6.07) is 0.277. The van der Waals surface area contributed by atoms with Crippen LogP contribution in [-0.2, 0) is 0 Å². The van der Waals surface area contributed by atoms with E-state index < -0.39 is 0 Å². The predicted molar refractivity (Wildman–Crippen MR) is 57.6 cm³/mol. The van der Waals surface area contributed by atoms with Crippen LogP contribution in [0.15, 0.2) is 11.6 Å². The third-order valence-electron chi connectivity index (χ3n) is 2.50. The van der Waals surface area contributed by atoms with Crippen molar-refractivity contribution in [2.45, 2.75) is 50.3 Å². The van der Waals surface area contributed by atoms with Crippen molar-refractivity contribution in [3.8, 4) is 0 Å². The van der Waals surface area contributed by atoms with Gasteiger partial charge in [-0.15, -0.1) is 0 Å². The Bertz CT molecular complexity index is 165. The van der Waals surface area contributed by atoms with E-state index in [-0.39, 0.29) is 6.04 Å². The maximum absolute atomic E-state index is 5.85. The molecule has 1 rings (SSSR count). The summed E-state index contributed by atoms with van der Waals surface area (Å²) in [4.78, 5) is 0. The van der Waals surface area contributed by atoms with E-state index in [1.165, 1.54) is 25.7 Å². The second-order valence-electron chi connectivity index (χ2n) is 3.62. The molecule has 0 amide bonds. The van der Waals surface area contributed by atoms with Crippen molar-refractivity contribution in [1.82, 2.24) is 0 Å². The van der Waals surface area contributed by atoms with Crippen LogP contribution in [0.5, 0.6) is 0 Å². The fourth-order valence-electron chi connectivity index (χ4n) is 1.58. The molecular weight excluding hydrogens is 166 g/mol. The van der Waals surface area contributed by atoms with Gasteiger partial charge in [-0.2, -0.15) is 12.6 Å². The molecule has 0 aromatic heterocycles. The van der Waals surface area contributed by atoms with E-state index in [1.54, 1.807) is 5.57 Å². The smallest absolute Gasteiger partial charge is 0.0351 e. The molecule has 2 N–H and O–H groups in total. The van der Waals surface area contributed by atoms with Crippen LogP contribution in [0.2, 0.25) is 0 Å². The number of allylic oxidation sites excluding steroid dienone is 1. The van der Waals surface area contributed by atoms with Crippen LogP contribution in [0, 0.1) is 0 Å². The molecule has 0 heterocycles. The van der Waals surface area contributed by atoms with Gasteiger partial charge in [0.2, 0.25) is 0 Å². The van der Waals surface area contributed by atoms with Gasteiger partial charge in [-0.25, -0.2) is 0 Å². The standard InChI is InChI=1S/C10H19NS/c1-2-3-4-8-5-6-9(11)10(12)7-8/h7,9-10,12H,2-6,11H2,1H3. The molecule has 2 unspecified atom stereocenters. The maximum atomic E-state index is 5.85. The van der Waals surface area contributed by atoms with Crippen molar-refractivity contribution in [3.63, 3.8) is 0 Å². The van der Waals surface area contributed by atoms with Gasteiger partial charge in [0.05, 0.1) is 0 Å². The Morgan fingerprint density at radius 3 is 3.00 bits per heavy atom. The first-order chi connectivity index (χ1) is 5.74. The van der Waals surface area contributed by atoms with Gasteiger partial charge in [-0.3, -0.25) is 0 Å². The van der Waals surface area contributed by atoms with Crippen molar-refractivity contribution in [2.75, 3.05) is 0 Å². The van der Waals surface area contributed by atoms with Gasteiger partial charge in [0, 0.05) is 11.3 Å². The Morgan fingerprint density at radius 1 is 1.67 bits per heavy atom. The zero-order chi connectivity index (χ0) is 8.97. The molecule has 1 aliphatic rings. The van der Waals surface area contributed by atoms with Gasteiger partial charge in [0.1, 0.15) is 0 Å². The largest absolute Gasteiger partial charge is 0.326 e. The lowest BCUT2D eigenvalue weighted by atomic mass is 9.92. The third kappa shape index (κ3) is 2.83. The van der Waals surface area contributed by atoms with Crippen LogP contribution < -0.4 is 5.73 Å². The normalized spacial score (nSPS) is 30.1. The first-order valence-corrected chi connectivity index (χ1v) is 5.39. The molecule has 0 aromatic rings. The van der Waals surface area contributed by atoms with Crippen LogP contribution in [0.4, 0.5) is 0 Å². The van der Waals surface area contributed by atoms with Gasteiger partial charge in [0.25, 0.3) is 0 Å².